The molecule has 1 aromatic heterocycles. The van der Waals surface area contributed by atoms with Gasteiger partial charge in [-0.1, -0.05) is 5.16 Å². The van der Waals surface area contributed by atoms with E-state index in [1.54, 1.807) is 27.7 Å². The van der Waals surface area contributed by atoms with Crippen LogP contribution in [0.15, 0.2) is 27.6 Å². The SMILES string of the molecule is COc1ccc(C(=O)OC(C)c2nc(C)no2)cc1S(=O)(=O)NC(C)C. The van der Waals surface area contributed by atoms with Crippen molar-refractivity contribution in [2.75, 3.05) is 7.11 Å². The second-order valence-electron chi connectivity index (χ2n) is 5.87. The lowest BCUT2D eigenvalue weighted by Gasteiger charge is -2.14. The van der Waals surface area contributed by atoms with E-state index in [4.69, 9.17) is 14.0 Å². The zero-order valence-corrected chi connectivity index (χ0v) is 16.0. The highest BCUT2D eigenvalue weighted by Crippen LogP contribution is 2.26. The second-order valence-corrected chi connectivity index (χ2v) is 7.55. The molecule has 0 saturated heterocycles. The first-order chi connectivity index (χ1) is 12.1. The minimum absolute atomic E-state index is 0.0537. The molecule has 26 heavy (non-hydrogen) atoms. The maximum Gasteiger partial charge on any atom is 0.338 e. The van der Waals surface area contributed by atoms with Crippen molar-refractivity contribution in [3.63, 3.8) is 0 Å². The van der Waals surface area contributed by atoms with Crippen LogP contribution >= 0.6 is 0 Å². The third-order valence-electron chi connectivity index (χ3n) is 3.25. The molecule has 1 atom stereocenters. The number of aromatic nitrogens is 2. The van der Waals surface area contributed by atoms with Crippen molar-refractivity contribution in [2.45, 2.75) is 44.7 Å². The Morgan fingerprint density at radius 3 is 2.50 bits per heavy atom. The maximum atomic E-state index is 12.5. The number of carbonyl (C=O) groups excluding carboxylic acids is 1. The van der Waals surface area contributed by atoms with E-state index in [-0.39, 0.29) is 28.1 Å². The lowest BCUT2D eigenvalue weighted by molar-refractivity contribution is 0.0265. The van der Waals surface area contributed by atoms with E-state index in [9.17, 15) is 13.2 Å². The highest BCUT2D eigenvalue weighted by Gasteiger charge is 2.24. The number of methoxy groups -OCH3 is 1. The molecular formula is C16H21N3O6S. The fourth-order valence-corrected chi connectivity index (χ4v) is 3.59. The molecule has 0 saturated carbocycles. The third kappa shape index (κ3) is 4.58. The predicted molar refractivity (Wildman–Crippen MR) is 91.3 cm³/mol. The molecular weight excluding hydrogens is 362 g/mol. The highest BCUT2D eigenvalue weighted by atomic mass is 32.2. The van der Waals surface area contributed by atoms with Crippen molar-refractivity contribution in [3.8, 4) is 5.75 Å². The molecule has 1 aromatic carbocycles. The summed E-state index contributed by atoms with van der Waals surface area (Å²) in [7, 11) is -2.51. The molecule has 0 radical (unpaired) electrons. The normalized spacial score (nSPS) is 12.8. The predicted octanol–water partition coefficient (Wildman–Crippen LogP) is 1.99. The van der Waals surface area contributed by atoms with E-state index in [0.717, 1.165) is 0 Å². The molecule has 0 bridgehead atoms. The Kier molecular flexibility index (Phi) is 5.98. The number of benzene rings is 1. The van der Waals surface area contributed by atoms with Crippen molar-refractivity contribution in [3.05, 3.63) is 35.5 Å². The molecule has 0 amide bonds. The zero-order chi connectivity index (χ0) is 19.5. The van der Waals surface area contributed by atoms with Crippen molar-refractivity contribution >= 4 is 16.0 Å². The number of esters is 1. The summed E-state index contributed by atoms with van der Waals surface area (Å²) in [5.74, 6) is -0.0357. The number of rotatable bonds is 7. The van der Waals surface area contributed by atoms with Gasteiger partial charge in [0.05, 0.1) is 12.7 Å². The number of carbonyl (C=O) groups is 1. The van der Waals surface area contributed by atoms with Crippen molar-refractivity contribution in [2.24, 2.45) is 0 Å². The Bertz CT molecular complexity index is 891. The first-order valence-corrected chi connectivity index (χ1v) is 9.34. The number of hydrogen-bond donors (Lipinski definition) is 1. The molecule has 0 fully saturated rings. The molecule has 0 aliphatic rings. The largest absolute Gasteiger partial charge is 0.495 e. The summed E-state index contributed by atoms with van der Waals surface area (Å²) in [6, 6.07) is 3.70. The van der Waals surface area contributed by atoms with Crippen LogP contribution in [0.3, 0.4) is 0 Å². The molecule has 1 heterocycles. The van der Waals surface area contributed by atoms with Crippen LogP contribution < -0.4 is 9.46 Å². The third-order valence-corrected chi connectivity index (χ3v) is 4.93. The van der Waals surface area contributed by atoms with Crippen molar-refractivity contribution in [1.29, 1.82) is 0 Å². The molecule has 1 unspecified atom stereocenters. The van der Waals surface area contributed by atoms with Crippen molar-refractivity contribution in [1.82, 2.24) is 14.9 Å². The summed E-state index contributed by atoms with van der Waals surface area (Å²) >= 11 is 0. The van der Waals surface area contributed by atoms with Crippen LogP contribution in [0.4, 0.5) is 0 Å². The quantitative estimate of drug-likeness (QED) is 0.721. The Labute approximate surface area is 151 Å². The lowest BCUT2D eigenvalue weighted by atomic mass is 10.2. The minimum Gasteiger partial charge on any atom is -0.495 e. The van der Waals surface area contributed by atoms with E-state index >= 15 is 0 Å². The van der Waals surface area contributed by atoms with Gasteiger partial charge in [-0.25, -0.2) is 17.9 Å². The second kappa shape index (κ2) is 7.83. The highest BCUT2D eigenvalue weighted by molar-refractivity contribution is 7.89. The van der Waals surface area contributed by atoms with E-state index in [0.29, 0.717) is 5.82 Å². The number of nitrogens with zero attached hydrogens (tertiary/aromatic N) is 2. The van der Waals surface area contributed by atoms with Crippen LogP contribution in [0.1, 0.15) is 48.9 Å². The standard InChI is InChI=1S/C16H21N3O6S/c1-9(2)19-26(21,22)14-8-12(6-7-13(14)23-5)16(20)24-10(3)15-17-11(4)18-25-15/h6-10,19H,1-5H3. The minimum atomic E-state index is -3.86. The van der Waals surface area contributed by atoms with Crippen LogP contribution in [0.25, 0.3) is 0 Å². The summed E-state index contributed by atoms with van der Waals surface area (Å²) in [5.41, 5.74) is 0.0537. The first-order valence-electron chi connectivity index (χ1n) is 7.85. The number of nitrogens with one attached hydrogen (secondary N) is 1. The fourth-order valence-electron chi connectivity index (χ4n) is 2.14. The number of ether oxygens (including phenoxy) is 2. The molecule has 1 N–H and O–H groups in total. The van der Waals surface area contributed by atoms with Gasteiger partial charge in [-0.3, -0.25) is 0 Å². The number of aryl methyl sites for hydroxylation is 1. The molecule has 10 heteroatoms. The molecule has 2 aromatic rings. The van der Waals surface area contributed by atoms with E-state index in [1.807, 2.05) is 0 Å². The van der Waals surface area contributed by atoms with E-state index in [1.165, 1.54) is 25.3 Å². The van der Waals surface area contributed by atoms with Crippen LogP contribution in [0.2, 0.25) is 0 Å². The van der Waals surface area contributed by atoms with Crippen LogP contribution in [-0.2, 0) is 14.8 Å². The van der Waals surface area contributed by atoms with Crippen LogP contribution in [-0.4, -0.2) is 37.7 Å². The summed E-state index contributed by atoms with van der Waals surface area (Å²) < 4.78 is 42.7. The smallest absolute Gasteiger partial charge is 0.338 e. The first kappa shape index (κ1) is 19.9. The fraction of sp³-hybridized carbons (Fsp3) is 0.438. The number of sulfonamides is 1. The summed E-state index contributed by atoms with van der Waals surface area (Å²) in [6.45, 7) is 6.60. The molecule has 142 valence electrons. The molecule has 0 spiro atoms. The van der Waals surface area contributed by atoms with Crippen molar-refractivity contribution < 1.29 is 27.2 Å². The Morgan fingerprint density at radius 2 is 1.96 bits per heavy atom. The van der Waals surface area contributed by atoms with Gasteiger partial charge in [0.2, 0.25) is 10.0 Å². The molecule has 9 nitrogen and oxygen atoms in total. The van der Waals surface area contributed by atoms with Gasteiger partial charge >= 0.3 is 5.97 Å². The average Bonchev–Trinajstić information content (AvgIpc) is 2.99. The summed E-state index contributed by atoms with van der Waals surface area (Å²) in [6.07, 6.45) is -0.778. The lowest BCUT2D eigenvalue weighted by Crippen LogP contribution is -2.30. The van der Waals surface area contributed by atoms with Gasteiger partial charge in [0, 0.05) is 6.04 Å². The summed E-state index contributed by atoms with van der Waals surface area (Å²) in [4.78, 5) is 16.2. The topological polar surface area (TPSA) is 121 Å². The maximum absolute atomic E-state index is 12.5. The number of hydrogen-bond acceptors (Lipinski definition) is 8. The molecule has 0 aliphatic heterocycles. The monoisotopic (exact) mass is 383 g/mol. The average molecular weight is 383 g/mol. The van der Waals surface area contributed by atoms with E-state index in [2.05, 4.69) is 14.9 Å². The van der Waals surface area contributed by atoms with Gasteiger partial charge in [0.25, 0.3) is 5.89 Å². The molecule has 2 rings (SSSR count). The zero-order valence-electron chi connectivity index (χ0n) is 15.1. The van der Waals surface area contributed by atoms with Crippen LogP contribution in [0.5, 0.6) is 5.75 Å². The van der Waals surface area contributed by atoms with Crippen LogP contribution in [0, 0.1) is 6.92 Å². The Balaban J connectivity index is 2.29. The Morgan fingerprint density at radius 1 is 1.27 bits per heavy atom. The molecule has 0 aliphatic carbocycles. The van der Waals surface area contributed by atoms with E-state index < -0.39 is 22.1 Å². The Hall–Kier alpha value is -2.46. The van der Waals surface area contributed by atoms with Gasteiger partial charge in [0.15, 0.2) is 11.9 Å². The summed E-state index contributed by atoms with van der Waals surface area (Å²) in [5, 5.41) is 3.63. The van der Waals surface area contributed by atoms with Gasteiger partial charge in [0.1, 0.15) is 10.6 Å². The van der Waals surface area contributed by atoms with Gasteiger partial charge in [-0.05, 0) is 45.9 Å². The van der Waals surface area contributed by atoms with Gasteiger partial charge in [-0.2, -0.15) is 4.98 Å². The van der Waals surface area contributed by atoms with Gasteiger partial charge in [-0.15, -0.1) is 0 Å². The van der Waals surface area contributed by atoms with Gasteiger partial charge < -0.3 is 14.0 Å².